The Kier molecular flexibility index (Phi) is 2.39. The molecule has 100 valence electrons. The number of rotatable bonds is 1. The predicted molar refractivity (Wildman–Crippen MR) is 66.0 cm³/mol. The number of ether oxygens (including phenoxy) is 1. The lowest BCUT2D eigenvalue weighted by Gasteiger charge is -2.43. The van der Waals surface area contributed by atoms with Gasteiger partial charge in [0.25, 0.3) is 5.54 Å². The van der Waals surface area contributed by atoms with E-state index in [2.05, 4.69) is 0 Å². The number of hydrogen-bond acceptors (Lipinski definition) is 2. The van der Waals surface area contributed by atoms with E-state index in [0.29, 0.717) is 11.8 Å². The molecule has 2 aliphatic carbocycles. The molecular weight excluding hydrogens is 228 g/mol. The first-order valence-corrected chi connectivity index (χ1v) is 7.06. The molecule has 1 saturated heterocycles. The number of carbonyl (C=O) groups is 1. The molecule has 4 nitrogen and oxygen atoms in total. The van der Waals surface area contributed by atoms with Gasteiger partial charge in [0.1, 0.15) is 11.6 Å². The summed E-state index contributed by atoms with van der Waals surface area (Å²) < 4.78 is 6.93. The molecule has 1 heterocycles. The van der Waals surface area contributed by atoms with Crippen LogP contribution < -0.4 is 0 Å². The van der Waals surface area contributed by atoms with E-state index in [9.17, 15) is 10.3 Å². The van der Waals surface area contributed by atoms with Crippen molar-refractivity contribution in [3.63, 3.8) is 0 Å². The third kappa shape index (κ3) is 1.47. The summed E-state index contributed by atoms with van der Waals surface area (Å²) in [4.78, 5) is 12.6. The Labute approximate surface area is 108 Å². The molecule has 0 spiro atoms. The van der Waals surface area contributed by atoms with Gasteiger partial charge in [0.2, 0.25) is 0 Å². The van der Waals surface area contributed by atoms with Gasteiger partial charge in [0.05, 0.1) is 0 Å². The van der Waals surface area contributed by atoms with Gasteiger partial charge in [-0.1, -0.05) is 0 Å². The number of carbonyl (C=O) groups excluding carboxylic acids is 1. The quantitative estimate of drug-likeness (QED) is 0.530. The molecule has 1 aliphatic heterocycles. The second-order valence-corrected chi connectivity index (χ2v) is 7.15. The van der Waals surface area contributed by atoms with Crippen LogP contribution in [-0.2, 0) is 9.53 Å². The summed E-state index contributed by atoms with van der Waals surface area (Å²) in [5, 5.41) is 0. The molecule has 2 saturated carbocycles. The van der Waals surface area contributed by atoms with Crippen LogP contribution in [0.1, 0.15) is 52.9 Å². The molecule has 0 N–H and O–H groups in total. The summed E-state index contributed by atoms with van der Waals surface area (Å²) in [6, 6.07) is 0.174. The number of fused-ring (bicyclic) bond motifs is 1. The molecule has 4 heteroatoms. The first kappa shape index (κ1) is 12.1. The van der Waals surface area contributed by atoms with Crippen LogP contribution in [0.4, 0.5) is 0 Å². The maximum absolute atomic E-state index is 12.6. The molecule has 0 aromatic carbocycles. The molecule has 18 heavy (non-hydrogen) atoms. The summed E-state index contributed by atoms with van der Waals surface area (Å²) in [6.45, 7) is 5.66. The lowest BCUT2D eigenvalue weighted by atomic mass is 9.68. The Bertz CT molecular complexity index is 413. The molecule has 4 atom stereocenters. The minimum Gasteiger partial charge on any atom is -0.506 e. The highest BCUT2D eigenvalue weighted by Gasteiger charge is 2.69. The predicted octanol–water partition coefficient (Wildman–Crippen LogP) is 2.69. The van der Waals surface area contributed by atoms with Gasteiger partial charge in [-0.25, -0.2) is 4.79 Å². The fourth-order valence-electron chi connectivity index (χ4n) is 4.34. The highest BCUT2D eigenvalue weighted by atomic mass is 16.6. The van der Waals surface area contributed by atoms with Crippen LogP contribution in [0, 0.1) is 11.8 Å². The van der Waals surface area contributed by atoms with Gasteiger partial charge in [-0.2, -0.15) is 0 Å². The van der Waals surface area contributed by atoms with E-state index < -0.39 is 11.1 Å². The van der Waals surface area contributed by atoms with Crippen molar-refractivity contribution in [3.8, 4) is 0 Å². The van der Waals surface area contributed by atoms with E-state index >= 15 is 0 Å². The summed E-state index contributed by atoms with van der Waals surface area (Å²) in [5.41, 5.74) is 9.16. The molecule has 0 aromatic heterocycles. The fraction of sp³-hybridized carbons (Fsp3) is 0.929. The minimum atomic E-state index is -0.737. The molecule has 3 aliphatic rings. The van der Waals surface area contributed by atoms with Gasteiger partial charge in [-0.15, -0.1) is 0 Å². The topological polar surface area (TPSA) is 51.6 Å². The van der Waals surface area contributed by atoms with Crippen LogP contribution in [0.15, 0.2) is 0 Å². The summed E-state index contributed by atoms with van der Waals surface area (Å²) >= 11 is 0. The van der Waals surface area contributed by atoms with Crippen molar-refractivity contribution in [1.82, 2.24) is 0 Å². The van der Waals surface area contributed by atoms with Crippen molar-refractivity contribution in [3.05, 3.63) is 5.53 Å². The van der Waals surface area contributed by atoms with Gasteiger partial charge in [0, 0.05) is 25.2 Å². The largest absolute Gasteiger partial charge is 0.506 e. The molecule has 0 radical (unpaired) electrons. The van der Waals surface area contributed by atoms with Crippen molar-refractivity contribution in [2.24, 2.45) is 11.8 Å². The molecule has 2 unspecified atom stereocenters. The van der Waals surface area contributed by atoms with E-state index in [0.717, 1.165) is 25.7 Å². The average Bonchev–Trinajstić information content (AvgIpc) is 2.77. The van der Waals surface area contributed by atoms with E-state index in [-0.39, 0.29) is 12.0 Å². The Morgan fingerprint density at radius 3 is 2.72 bits per heavy atom. The zero-order chi connectivity index (χ0) is 13.1. The standard InChI is InChI=1S/C14H22N2O2/c1-13(2,3)18-12(17)14-6-4-5-9-7-10(16(14)15)8-11(9)14/h9-11H,4-8H2,1-3H3/t9?,10-,11?,14-/m0/s1. The van der Waals surface area contributed by atoms with Crippen LogP contribution in [0.25, 0.3) is 5.53 Å². The van der Waals surface area contributed by atoms with E-state index in [1.807, 2.05) is 20.8 Å². The lowest BCUT2D eigenvalue weighted by molar-refractivity contribution is -0.642. The number of nitrogens with zero attached hydrogens (tertiary/aromatic N) is 2. The van der Waals surface area contributed by atoms with Crippen LogP contribution in [0.5, 0.6) is 0 Å². The summed E-state index contributed by atoms with van der Waals surface area (Å²) in [7, 11) is 0. The van der Waals surface area contributed by atoms with Crippen LogP contribution in [-0.4, -0.2) is 27.8 Å². The Morgan fingerprint density at radius 1 is 1.39 bits per heavy atom. The molecule has 3 rings (SSSR count). The van der Waals surface area contributed by atoms with Crippen molar-refractivity contribution < 1.29 is 14.2 Å². The van der Waals surface area contributed by atoms with Gasteiger partial charge >= 0.3 is 5.97 Å². The highest BCUT2D eigenvalue weighted by Crippen LogP contribution is 2.57. The van der Waals surface area contributed by atoms with Crippen molar-refractivity contribution >= 4 is 5.97 Å². The Balaban J connectivity index is 1.93. The first-order chi connectivity index (χ1) is 8.34. The average molecular weight is 250 g/mol. The maximum atomic E-state index is 12.6. The molecule has 2 bridgehead atoms. The minimum absolute atomic E-state index is 0.174. The zero-order valence-corrected chi connectivity index (χ0v) is 11.5. The SMILES string of the molecule is CC(C)(C)OC(=O)[C@]12CCCC3C[C@@H](CC31)[N+]2=[N-]. The van der Waals surface area contributed by atoms with Crippen molar-refractivity contribution in [2.75, 3.05) is 0 Å². The molecule has 0 aromatic rings. The van der Waals surface area contributed by atoms with Gasteiger partial charge in [-0.05, 0) is 39.5 Å². The smallest absolute Gasteiger partial charge is 0.378 e. The molecular formula is C14H22N2O2. The monoisotopic (exact) mass is 250 g/mol. The normalized spacial score (nSPS) is 42.2. The second kappa shape index (κ2) is 3.55. The summed E-state index contributed by atoms with van der Waals surface area (Å²) in [5.74, 6) is 0.699. The van der Waals surface area contributed by atoms with Gasteiger partial charge in [-0.3, -0.25) is 0 Å². The van der Waals surface area contributed by atoms with E-state index in [1.54, 1.807) is 0 Å². The van der Waals surface area contributed by atoms with Crippen LogP contribution in [0.3, 0.4) is 0 Å². The Morgan fingerprint density at radius 2 is 2.11 bits per heavy atom. The zero-order valence-electron chi connectivity index (χ0n) is 11.5. The Hall–Kier alpha value is -0.930. The molecule has 0 amide bonds. The maximum Gasteiger partial charge on any atom is 0.378 e. The third-order valence-electron chi connectivity index (χ3n) is 4.92. The fourth-order valence-corrected chi connectivity index (χ4v) is 4.34. The first-order valence-electron chi connectivity index (χ1n) is 7.06. The summed E-state index contributed by atoms with van der Waals surface area (Å²) in [6.07, 6.45) is 4.98. The highest BCUT2D eigenvalue weighted by molar-refractivity contribution is 5.81. The second-order valence-electron chi connectivity index (χ2n) is 7.15. The lowest BCUT2D eigenvalue weighted by Crippen LogP contribution is -2.58. The van der Waals surface area contributed by atoms with Gasteiger partial charge < -0.3 is 15.0 Å². The van der Waals surface area contributed by atoms with Gasteiger partial charge in [0.15, 0.2) is 0 Å². The number of hydrogen-bond donors (Lipinski definition) is 0. The molecule has 3 fully saturated rings. The van der Waals surface area contributed by atoms with E-state index in [1.165, 1.54) is 11.1 Å². The van der Waals surface area contributed by atoms with Crippen molar-refractivity contribution in [1.29, 1.82) is 0 Å². The van der Waals surface area contributed by atoms with Crippen LogP contribution in [0.2, 0.25) is 0 Å². The number of piperidine rings is 1. The van der Waals surface area contributed by atoms with Crippen LogP contribution >= 0.6 is 0 Å². The van der Waals surface area contributed by atoms with Crippen molar-refractivity contribution in [2.45, 2.75) is 70.1 Å². The number of esters is 1. The van der Waals surface area contributed by atoms with E-state index in [4.69, 9.17) is 4.74 Å². The third-order valence-corrected chi connectivity index (χ3v) is 4.92.